The normalized spacial score (nSPS) is 11.1. The van der Waals surface area contributed by atoms with Crippen LogP contribution >= 0.6 is 22.7 Å². The molecule has 8 heteroatoms. The van der Waals surface area contributed by atoms with Crippen LogP contribution in [0, 0.1) is 0 Å². The van der Waals surface area contributed by atoms with Gasteiger partial charge >= 0.3 is 0 Å². The topological polar surface area (TPSA) is 80.9 Å². The first kappa shape index (κ1) is 18.7. The molecule has 2 aromatic carbocycles. The number of benzene rings is 2. The summed E-state index contributed by atoms with van der Waals surface area (Å²) in [4.78, 5) is 22.4. The minimum atomic E-state index is -0.104. The molecule has 148 valence electrons. The van der Waals surface area contributed by atoms with Crippen LogP contribution in [-0.4, -0.2) is 21.0 Å². The zero-order valence-corrected chi connectivity index (χ0v) is 17.4. The Balaban J connectivity index is 1.23. The van der Waals surface area contributed by atoms with Crippen molar-refractivity contribution in [3.63, 3.8) is 0 Å². The summed E-state index contributed by atoms with van der Waals surface area (Å²) in [5.41, 5.74) is 2.70. The number of para-hydroxylation sites is 1. The second-order valence-corrected chi connectivity index (χ2v) is 8.58. The van der Waals surface area contributed by atoms with Gasteiger partial charge in [-0.1, -0.05) is 35.5 Å². The Bertz CT molecular complexity index is 1270. The van der Waals surface area contributed by atoms with Gasteiger partial charge in [0.05, 0.1) is 15.1 Å². The van der Waals surface area contributed by atoms with E-state index in [4.69, 9.17) is 4.52 Å². The maximum absolute atomic E-state index is 12.4. The highest BCUT2D eigenvalue weighted by Gasteiger charge is 2.12. The SMILES string of the molecule is O=C(CCc1nc(-c2cccs2)no1)Nc1cccc(-c2nc3ccccc3s2)c1. The molecule has 1 N–H and O–H groups in total. The maximum atomic E-state index is 12.4. The van der Waals surface area contributed by atoms with Crippen LogP contribution in [-0.2, 0) is 11.2 Å². The van der Waals surface area contributed by atoms with E-state index in [1.165, 1.54) is 0 Å². The van der Waals surface area contributed by atoms with Crippen molar-refractivity contribution in [3.05, 3.63) is 71.9 Å². The molecule has 1 amide bonds. The first-order valence-corrected chi connectivity index (χ1v) is 11.1. The van der Waals surface area contributed by atoms with Gasteiger partial charge in [-0.3, -0.25) is 4.79 Å². The molecule has 0 aliphatic rings. The fourth-order valence-electron chi connectivity index (χ4n) is 3.03. The van der Waals surface area contributed by atoms with Crippen LogP contribution in [0.1, 0.15) is 12.3 Å². The van der Waals surface area contributed by atoms with Crippen LogP contribution < -0.4 is 5.32 Å². The van der Waals surface area contributed by atoms with Gasteiger partial charge in [0.25, 0.3) is 0 Å². The van der Waals surface area contributed by atoms with Crippen LogP contribution in [0.4, 0.5) is 5.69 Å². The van der Waals surface area contributed by atoms with Gasteiger partial charge in [-0.15, -0.1) is 22.7 Å². The largest absolute Gasteiger partial charge is 0.339 e. The molecular weight excluding hydrogens is 416 g/mol. The molecule has 0 atom stereocenters. The van der Waals surface area contributed by atoms with Crippen molar-refractivity contribution in [2.75, 3.05) is 5.32 Å². The van der Waals surface area contributed by atoms with Gasteiger partial charge in [-0.2, -0.15) is 4.98 Å². The first-order valence-electron chi connectivity index (χ1n) is 9.37. The minimum Gasteiger partial charge on any atom is -0.339 e. The summed E-state index contributed by atoms with van der Waals surface area (Å²) in [5.74, 6) is 0.910. The van der Waals surface area contributed by atoms with E-state index in [9.17, 15) is 4.79 Å². The van der Waals surface area contributed by atoms with E-state index in [-0.39, 0.29) is 12.3 Å². The standard InChI is InChI=1S/C22H16N4O2S2/c27-19(10-11-20-25-21(26-28-20)18-9-4-12-29-18)23-15-6-3-5-14(13-15)22-24-16-7-1-2-8-17(16)30-22/h1-9,12-13H,10-11H2,(H,23,27). The lowest BCUT2D eigenvalue weighted by molar-refractivity contribution is -0.116. The number of hydrogen-bond acceptors (Lipinski definition) is 7. The highest BCUT2D eigenvalue weighted by atomic mass is 32.1. The van der Waals surface area contributed by atoms with Crippen LogP contribution in [0.2, 0.25) is 0 Å². The Morgan fingerprint density at radius 3 is 2.83 bits per heavy atom. The number of carbonyl (C=O) groups excluding carboxylic acids is 1. The number of thiophene rings is 1. The van der Waals surface area contributed by atoms with E-state index >= 15 is 0 Å². The van der Waals surface area contributed by atoms with Gasteiger partial charge in [0.2, 0.25) is 17.6 Å². The van der Waals surface area contributed by atoms with Gasteiger partial charge in [0.15, 0.2) is 0 Å². The van der Waals surface area contributed by atoms with E-state index in [0.29, 0.717) is 18.1 Å². The molecule has 0 fully saturated rings. The summed E-state index contributed by atoms with van der Waals surface area (Å²) in [7, 11) is 0. The molecule has 0 aliphatic carbocycles. The van der Waals surface area contributed by atoms with Gasteiger partial charge < -0.3 is 9.84 Å². The van der Waals surface area contributed by atoms with Crippen LogP contribution in [0.5, 0.6) is 0 Å². The number of thiazole rings is 1. The zero-order valence-electron chi connectivity index (χ0n) is 15.7. The van der Waals surface area contributed by atoms with E-state index in [0.717, 1.165) is 31.4 Å². The molecule has 0 spiro atoms. The second kappa shape index (κ2) is 8.17. The number of hydrogen-bond donors (Lipinski definition) is 1. The number of aromatic nitrogens is 3. The third-order valence-electron chi connectivity index (χ3n) is 4.46. The molecule has 0 unspecified atom stereocenters. The Labute approximate surface area is 180 Å². The number of anilines is 1. The van der Waals surface area contributed by atoms with Crippen molar-refractivity contribution in [1.82, 2.24) is 15.1 Å². The summed E-state index contributed by atoms with van der Waals surface area (Å²) < 4.78 is 6.40. The van der Waals surface area contributed by atoms with Crippen molar-refractivity contribution in [3.8, 4) is 21.3 Å². The summed E-state index contributed by atoms with van der Waals surface area (Å²) in [6, 6.07) is 19.7. The first-order chi connectivity index (χ1) is 14.7. The summed E-state index contributed by atoms with van der Waals surface area (Å²) in [6.07, 6.45) is 0.652. The molecule has 3 heterocycles. The zero-order chi connectivity index (χ0) is 20.3. The van der Waals surface area contributed by atoms with Crippen molar-refractivity contribution in [2.24, 2.45) is 0 Å². The van der Waals surface area contributed by atoms with Gasteiger partial charge in [0.1, 0.15) is 5.01 Å². The lowest BCUT2D eigenvalue weighted by Gasteiger charge is -2.05. The summed E-state index contributed by atoms with van der Waals surface area (Å²) in [6.45, 7) is 0. The van der Waals surface area contributed by atoms with Gasteiger partial charge in [-0.05, 0) is 35.7 Å². The number of nitrogens with zero attached hydrogens (tertiary/aromatic N) is 3. The lowest BCUT2D eigenvalue weighted by Crippen LogP contribution is -2.12. The van der Waals surface area contributed by atoms with E-state index in [1.54, 1.807) is 22.7 Å². The molecule has 5 aromatic rings. The lowest BCUT2D eigenvalue weighted by atomic mass is 10.2. The monoisotopic (exact) mass is 432 g/mol. The van der Waals surface area contributed by atoms with E-state index in [2.05, 4.69) is 26.5 Å². The molecule has 0 radical (unpaired) electrons. The summed E-state index contributed by atoms with van der Waals surface area (Å²) in [5, 5.41) is 9.80. The highest BCUT2D eigenvalue weighted by molar-refractivity contribution is 7.21. The fraction of sp³-hybridized carbons (Fsp3) is 0.0909. The Hall–Kier alpha value is -3.36. The van der Waals surface area contributed by atoms with Gasteiger partial charge in [0, 0.05) is 24.1 Å². The van der Waals surface area contributed by atoms with Crippen molar-refractivity contribution in [1.29, 1.82) is 0 Å². The predicted molar refractivity (Wildman–Crippen MR) is 120 cm³/mol. The Morgan fingerprint density at radius 2 is 1.97 bits per heavy atom. The molecular formula is C22H16N4O2S2. The van der Waals surface area contributed by atoms with Crippen molar-refractivity contribution in [2.45, 2.75) is 12.8 Å². The number of amides is 1. The van der Waals surface area contributed by atoms with Crippen molar-refractivity contribution < 1.29 is 9.32 Å². The van der Waals surface area contributed by atoms with E-state index < -0.39 is 0 Å². The molecule has 0 saturated carbocycles. The third-order valence-corrected chi connectivity index (χ3v) is 6.41. The molecule has 0 aliphatic heterocycles. The van der Waals surface area contributed by atoms with E-state index in [1.807, 2.05) is 60.0 Å². The van der Waals surface area contributed by atoms with Crippen LogP contribution in [0.25, 0.3) is 31.5 Å². The minimum absolute atomic E-state index is 0.104. The predicted octanol–water partition coefficient (Wildman–Crippen LogP) is 5.65. The molecule has 0 saturated heterocycles. The Morgan fingerprint density at radius 1 is 1.03 bits per heavy atom. The number of aryl methyl sites for hydroxylation is 1. The molecule has 6 nitrogen and oxygen atoms in total. The molecule has 0 bridgehead atoms. The number of carbonyl (C=O) groups is 1. The Kier molecular flexibility index (Phi) is 5.08. The average Bonchev–Trinajstić information content (AvgIpc) is 3.52. The fourth-order valence-corrected chi connectivity index (χ4v) is 4.64. The molecule has 3 aromatic heterocycles. The number of fused-ring (bicyclic) bond motifs is 1. The second-order valence-electron chi connectivity index (χ2n) is 6.60. The van der Waals surface area contributed by atoms with Gasteiger partial charge in [-0.25, -0.2) is 4.98 Å². The highest BCUT2D eigenvalue weighted by Crippen LogP contribution is 2.31. The molecule has 30 heavy (non-hydrogen) atoms. The van der Waals surface area contributed by atoms with Crippen LogP contribution in [0.15, 0.2) is 70.6 Å². The average molecular weight is 433 g/mol. The maximum Gasteiger partial charge on any atom is 0.227 e. The molecule has 5 rings (SSSR count). The van der Waals surface area contributed by atoms with Crippen LogP contribution in [0.3, 0.4) is 0 Å². The smallest absolute Gasteiger partial charge is 0.227 e. The van der Waals surface area contributed by atoms with Crippen molar-refractivity contribution >= 4 is 44.5 Å². The quantitative estimate of drug-likeness (QED) is 0.375. The third kappa shape index (κ3) is 4.00. The number of rotatable bonds is 6. The number of nitrogens with one attached hydrogen (secondary N) is 1. The summed E-state index contributed by atoms with van der Waals surface area (Å²) >= 11 is 3.18.